The summed E-state index contributed by atoms with van der Waals surface area (Å²) < 4.78 is 6.02. The summed E-state index contributed by atoms with van der Waals surface area (Å²) in [4.78, 5) is 8.00. The quantitative estimate of drug-likeness (QED) is 0.306. The second-order valence-electron chi connectivity index (χ2n) is 7.08. The number of aryl methyl sites for hydroxylation is 1. The zero-order chi connectivity index (χ0) is 20.8. The van der Waals surface area contributed by atoms with E-state index >= 15 is 0 Å². The smallest absolute Gasteiger partial charge is 0.124 e. The molecule has 6 heteroatoms. The first-order valence-electron chi connectivity index (χ1n) is 9.98. The van der Waals surface area contributed by atoms with Gasteiger partial charge >= 0.3 is 0 Å². The number of imidazole rings is 1. The van der Waals surface area contributed by atoms with E-state index in [1.807, 2.05) is 54.6 Å². The van der Waals surface area contributed by atoms with Crippen LogP contribution < -0.4 is 10.1 Å². The van der Waals surface area contributed by atoms with Crippen molar-refractivity contribution in [2.75, 3.05) is 6.54 Å². The molecule has 0 aliphatic carbocycles. The van der Waals surface area contributed by atoms with Crippen molar-refractivity contribution in [2.24, 2.45) is 0 Å². The lowest BCUT2D eigenvalue weighted by Gasteiger charge is -2.13. The number of para-hydroxylation sites is 3. The molecule has 154 valence electrons. The Labute approximate surface area is 186 Å². The van der Waals surface area contributed by atoms with E-state index in [0.29, 0.717) is 16.7 Å². The van der Waals surface area contributed by atoms with Crippen LogP contribution in [0.3, 0.4) is 0 Å². The number of rotatable bonds is 9. The third-order valence-electron chi connectivity index (χ3n) is 4.93. The highest BCUT2D eigenvalue weighted by Gasteiger charge is 2.09. The summed E-state index contributed by atoms with van der Waals surface area (Å²) in [5.41, 5.74) is 4.01. The molecule has 1 aromatic heterocycles. The number of hydrogen-bond donors (Lipinski definition) is 2. The molecule has 0 saturated heterocycles. The first kappa shape index (κ1) is 20.7. The summed E-state index contributed by atoms with van der Waals surface area (Å²) in [6.07, 6.45) is 1.91. The molecule has 0 radical (unpaired) electrons. The van der Waals surface area contributed by atoms with Gasteiger partial charge in [0.25, 0.3) is 0 Å². The number of benzene rings is 3. The molecule has 4 rings (SSSR count). The Morgan fingerprint density at radius 2 is 1.67 bits per heavy atom. The molecule has 0 atom stereocenters. The SMILES string of the molecule is Clc1cccc(Cl)c1COc1ccccc1CNCCCc1nc2ccccc2[nH]1. The fraction of sp³-hybridized carbons (Fsp3) is 0.208. The molecule has 0 fully saturated rings. The van der Waals surface area contributed by atoms with Crippen molar-refractivity contribution in [3.05, 3.63) is 93.7 Å². The standard InChI is InChI=1S/C24H23Cl2N3O/c25-19-8-5-9-20(26)18(19)16-30-23-12-4-1-7-17(23)15-27-14-6-13-24-28-21-10-2-3-11-22(21)29-24/h1-5,7-12,27H,6,13-16H2,(H,28,29). The minimum atomic E-state index is 0.335. The Kier molecular flexibility index (Phi) is 6.90. The van der Waals surface area contributed by atoms with Crippen LogP contribution in [0.5, 0.6) is 5.75 Å². The lowest BCUT2D eigenvalue weighted by Crippen LogP contribution is -2.16. The van der Waals surface area contributed by atoms with E-state index < -0.39 is 0 Å². The van der Waals surface area contributed by atoms with E-state index in [0.717, 1.165) is 59.7 Å². The highest BCUT2D eigenvalue weighted by Crippen LogP contribution is 2.27. The van der Waals surface area contributed by atoms with Gasteiger partial charge in [0.15, 0.2) is 0 Å². The molecule has 4 nitrogen and oxygen atoms in total. The molecule has 0 amide bonds. The van der Waals surface area contributed by atoms with Crippen LogP contribution in [-0.4, -0.2) is 16.5 Å². The van der Waals surface area contributed by atoms with E-state index in [4.69, 9.17) is 27.9 Å². The summed E-state index contributed by atoms with van der Waals surface area (Å²) in [6.45, 7) is 1.95. The topological polar surface area (TPSA) is 49.9 Å². The summed E-state index contributed by atoms with van der Waals surface area (Å²) >= 11 is 12.5. The van der Waals surface area contributed by atoms with Crippen LogP contribution in [0.2, 0.25) is 10.0 Å². The lowest BCUT2D eigenvalue weighted by atomic mass is 10.2. The highest BCUT2D eigenvalue weighted by molar-refractivity contribution is 6.35. The van der Waals surface area contributed by atoms with Crippen molar-refractivity contribution < 1.29 is 4.74 Å². The van der Waals surface area contributed by atoms with Crippen molar-refractivity contribution in [3.63, 3.8) is 0 Å². The van der Waals surface area contributed by atoms with E-state index in [-0.39, 0.29) is 0 Å². The van der Waals surface area contributed by atoms with Crippen molar-refractivity contribution in [3.8, 4) is 5.75 Å². The number of nitrogens with one attached hydrogen (secondary N) is 2. The third kappa shape index (κ3) is 5.14. The number of fused-ring (bicyclic) bond motifs is 1. The summed E-state index contributed by atoms with van der Waals surface area (Å²) in [5.74, 6) is 1.86. The number of halogens is 2. The van der Waals surface area contributed by atoms with E-state index in [1.165, 1.54) is 0 Å². The molecule has 0 bridgehead atoms. The highest BCUT2D eigenvalue weighted by atomic mass is 35.5. The normalized spacial score (nSPS) is 11.1. The average molecular weight is 440 g/mol. The predicted octanol–water partition coefficient (Wildman–Crippen LogP) is 6.17. The number of H-pyrrole nitrogens is 1. The number of aromatic amines is 1. The summed E-state index contributed by atoms with van der Waals surface area (Å²) in [6, 6.07) is 21.6. The van der Waals surface area contributed by atoms with Gasteiger partial charge in [-0.2, -0.15) is 0 Å². The number of nitrogens with zero attached hydrogens (tertiary/aromatic N) is 1. The first-order chi connectivity index (χ1) is 14.7. The zero-order valence-electron chi connectivity index (χ0n) is 16.5. The molecule has 4 aromatic rings. The fourth-order valence-electron chi connectivity index (χ4n) is 3.34. The van der Waals surface area contributed by atoms with Gasteiger partial charge in [-0.05, 0) is 43.3 Å². The van der Waals surface area contributed by atoms with Gasteiger partial charge in [-0.1, -0.05) is 59.6 Å². The van der Waals surface area contributed by atoms with Crippen molar-refractivity contribution in [1.29, 1.82) is 0 Å². The number of aromatic nitrogens is 2. The van der Waals surface area contributed by atoms with Gasteiger partial charge in [0.2, 0.25) is 0 Å². The Hall–Kier alpha value is -2.53. The monoisotopic (exact) mass is 439 g/mol. The van der Waals surface area contributed by atoms with E-state index in [9.17, 15) is 0 Å². The molecule has 0 aliphatic rings. The molecule has 1 heterocycles. The molecule has 0 unspecified atom stereocenters. The zero-order valence-corrected chi connectivity index (χ0v) is 18.0. The Balaban J connectivity index is 1.27. The van der Waals surface area contributed by atoms with Crippen molar-refractivity contribution in [2.45, 2.75) is 26.0 Å². The number of ether oxygens (including phenoxy) is 1. The molecule has 0 saturated carbocycles. The predicted molar refractivity (Wildman–Crippen MR) is 123 cm³/mol. The van der Waals surface area contributed by atoms with Crippen LogP contribution in [0.4, 0.5) is 0 Å². The van der Waals surface area contributed by atoms with E-state index in [2.05, 4.69) is 27.4 Å². The lowest BCUT2D eigenvalue weighted by molar-refractivity contribution is 0.302. The first-order valence-corrected chi connectivity index (χ1v) is 10.7. The summed E-state index contributed by atoms with van der Waals surface area (Å²) in [7, 11) is 0. The molecular formula is C24H23Cl2N3O. The second kappa shape index (κ2) is 9.98. The second-order valence-corrected chi connectivity index (χ2v) is 7.89. The van der Waals surface area contributed by atoms with Crippen LogP contribution in [0.25, 0.3) is 11.0 Å². The van der Waals surface area contributed by atoms with E-state index in [1.54, 1.807) is 0 Å². The maximum atomic E-state index is 6.25. The molecular weight excluding hydrogens is 417 g/mol. The Bertz CT molecular complexity index is 1070. The Morgan fingerprint density at radius 1 is 0.900 bits per heavy atom. The van der Waals surface area contributed by atoms with Crippen LogP contribution in [-0.2, 0) is 19.6 Å². The maximum Gasteiger partial charge on any atom is 0.124 e. The average Bonchev–Trinajstić information content (AvgIpc) is 3.17. The van der Waals surface area contributed by atoms with Crippen LogP contribution in [0, 0.1) is 0 Å². The fourth-order valence-corrected chi connectivity index (χ4v) is 3.85. The number of hydrogen-bond acceptors (Lipinski definition) is 3. The molecule has 30 heavy (non-hydrogen) atoms. The molecule has 2 N–H and O–H groups in total. The van der Waals surface area contributed by atoms with Gasteiger partial charge in [0.05, 0.1) is 11.0 Å². The van der Waals surface area contributed by atoms with Crippen LogP contribution in [0.15, 0.2) is 66.7 Å². The largest absolute Gasteiger partial charge is 0.488 e. The summed E-state index contributed by atoms with van der Waals surface area (Å²) in [5, 5.41) is 4.72. The van der Waals surface area contributed by atoms with Crippen LogP contribution >= 0.6 is 23.2 Å². The third-order valence-corrected chi connectivity index (χ3v) is 5.64. The van der Waals surface area contributed by atoms with Crippen molar-refractivity contribution in [1.82, 2.24) is 15.3 Å². The molecule has 0 aliphatic heterocycles. The maximum absolute atomic E-state index is 6.25. The van der Waals surface area contributed by atoms with Gasteiger partial charge < -0.3 is 15.0 Å². The van der Waals surface area contributed by atoms with Crippen LogP contribution in [0.1, 0.15) is 23.4 Å². The van der Waals surface area contributed by atoms with Gasteiger partial charge in [-0.25, -0.2) is 4.98 Å². The van der Waals surface area contributed by atoms with Crippen molar-refractivity contribution >= 4 is 34.2 Å². The van der Waals surface area contributed by atoms with Gasteiger partial charge in [-0.15, -0.1) is 0 Å². The minimum absolute atomic E-state index is 0.335. The molecule has 0 spiro atoms. The Morgan fingerprint density at radius 3 is 2.50 bits per heavy atom. The minimum Gasteiger partial charge on any atom is -0.488 e. The van der Waals surface area contributed by atoms with Gasteiger partial charge in [0.1, 0.15) is 18.2 Å². The van der Waals surface area contributed by atoms with Gasteiger partial charge in [0, 0.05) is 34.1 Å². The molecule has 3 aromatic carbocycles. The van der Waals surface area contributed by atoms with Gasteiger partial charge in [-0.3, -0.25) is 0 Å².